The molecule has 0 aliphatic heterocycles. The molecule has 0 unspecified atom stereocenters. The van der Waals surface area contributed by atoms with Gasteiger partial charge < -0.3 is 15.1 Å². The van der Waals surface area contributed by atoms with Gasteiger partial charge in [-0.05, 0) is 6.92 Å². The van der Waals surface area contributed by atoms with E-state index in [2.05, 4.69) is 37.0 Å². The lowest BCUT2D eigenvalue weighted by molar-refractivity contribution is 0.174. The highest BCUT2D eigenvalue weighted by Gasteiger charge is 2.05. The van der Waals surface area contributed by atoms with E-state index >= 15 is 0 Å². The molecule has 2 rings (SSSR count). The molecule has 7 heteroatoms. The van der Waals surface area contributed by atoms with Crippen LogP contribution in [0.5, 0.6) is 0 Å². The summed E-state index contributed by atoms with van der Waals surface area (Å²) in [5.41, 5.74) is 2.21. The Labute approximate surface area is 104 Å². The van der Waals surface area contributed by atoms with Gasteiger partial charge in [0.05, 0.1) is 18.6 Å². The first kappa shape index (κ1) is 12.0. The van der Waals surface area contributed by atoms with Gasteiger partial charge in [0.2, 0.25) is 0 Å². The number of rotatable bonds is 6. The Bertz CT molecular complexity index is 561. The van der Waals surface area contributed by atoms with Crippen molar-refractivity contribution in [1.82, 2.24) is 19.9 Å². The molecule has 18 heavy (non-hydrogen) atoms. The Kier molecular flexibility index (Phi) is 3.85. The van der Waals surface area contributed by atoms with Crippen LogP contribution in [-0.4, -0.2) is 38.8 Å². The number of aromatic amines is 1. The molecule has 0 aliphatic carbocycles. The lowest BCUT2D eigenvalue weighted by atomic mass is 10.4. The van der Waals surface area contributed by atoms with Crippen LogP contribution in [0.25, 0.3) is 11.2 Å². The number of aromatic nitrogens is 4. The Hall–Kier alpha value is -2.44. The molecule has 0 bridgehead atoms. The van der Waals surface area contributed by atoms with Crippen molar-refractivity contribution in [1.29, 1.82) is 0 Å². The van der Waals surface area contributed by atoms with Crippen LogP contribution in [-0.2, 0) is 4.84 Å². The fourth-order valence-corrected chi connectivity index (χ4v) is 1.34. The van der Waals surface area contributed by atoms with Crippen molar-refractivity contribution in [2.75, 3.05) is 18.5 Å². The maximum atomic E-state index is 4.98. The first-order valence-corrected chi connectivity index (χ1v) is 5.45. The minimum Gasteiger partial charge on any atom is -0.392 e. The van der Waals surface area contributed by atoms with Crippen molar-refractivity contribution in [2.24, 2.45) is 5.16 Å². The lowest BCUT2D eigenvalue weighted by Crippen LogP contribution is -2.12. The standard InChI is InChI=1S/C11H14N6O/c1-3-4-18-17-8(2)5-12-10-9-11(14-6-13-9)16-7-15-10/h3,6-7H,1,4-5H2,2H3,(H2,12,13,14,15,16). The maximum absolute atomic E-state index is 4.98. The van der Waals surface area contributed by atoms with Gasteiger partial charge in [0.25, 0.3) is 0 Å². The molecule has 0 saturated heterocycles. The highest BCUT2D eigenvalue weighted by atomic mass is 16.6. The van der Waals surface area contributed by atoms with Gasteiger partial charge in [0, 0.05) is 0 Å². The molecule has 0 spiro atoms. The van der Waals surface area contributed by atoms with Gasteiger partial charge >= 0.3 is 0 Å². The molecule has 0 radical (unpaired) electrons. The number of oxime groups is 1. The van der Waals surface area contributed by atoms with Gasteiger partial charge in [-0.3, -0.25) is 0 Å². The average Bonchev–Trinajstić information content (AvgIpc) is 2.85. The summed E-state index contributed by atoms with van der Waals surface area (Å²) in [6.45, 7) is 6.33. The zero-order valence-electron chi connectivity index (χ0n) is 10.1. The summed E-state index contributed by atoms with van der Waals surface area (Å²) >= 11 is 0. The first-order chi connectivity index (χ1) is 8.81. The SMILES string of the molecule is C=CCON=C(C)CNc1ncnc2nc[nH]c12. The van der Waals surface area contributed by atoms with E-state index in [1.807, 2.05) is 6.92 Å². The predicted octanol–water partition coefficient (Wildman–Crippen LogP) is 1.34. The monoisotopic (exact) mass is 246 g/mol. The van der Waals surface area contributed by atoms with Crippen LogP contribution in [0, 0.1) is 0 Å². The van der Waals surface area contributed by atoms with E-state index in [0.29, 0.717) is 24.6 Å². The Morgan fingerprint density at radius 3 is 3.28 bits per heavy atom. The van der Waals surface area contributed by atoms with E-state index < -0.39 is 0 Å². The summed E-state index contributed by atoms with van der Waals surface area (Å²) in [7, 11) is 0. The van der Waals surface area contributed by atoms with E-state index in [9.17, 15) is 0 Å². The molecule has 94 valence electrons. The number of H-pyrrole nitrogens is 1. The van der Waals surface area contributed by atoms with Crippen LogP contribution in [0.4, 0.5) is 5.82 Å². The van der Waals surface area contributed by atoms with Crippen molar-refractivity contribution in [3.8, 4) is 0 Å². The molecule has 0 fully saturated rings. The lowest BCUT2D eigenvalue weighted by Gasteiger charge is -2.05. The summed E-state index contributed by atoms with van der Waals surface area (Å²) in [6, 6.07) is 0. The highest BCUT2D eigenvalue weighted by molar-refractivity contribution is 5.88. The zero-order chi connectivity index (χ0) is 12.8. The van der Waals surface area contributed by atoms with Crippen molar-refractivity contribution in [3.63, 3.8) is 0 Å². The van der Waals surface area contributed by atoms with Gasteiger partial charge in [-0.2, -0.15) is 0 Å². The summed E-state index contributed by atoms with van der Waals surface area (Å²) in [4.78, 5) is 20.2. The van der Waals surface area contributed by atoms with E-state index in [1.54, 1.807) is 12.4 Å². The number of fused-ring (bicyclic) bond motifs is 1. The minimum absolute atomic E-state index is 0.398. The molecule has 2 aromatic heterocycles. The average molecular weight is 246 g/mol. The topological polar surface area (TPSA) is 88.1 Å². The molecule has 0 atom stereocenters. The number of hydrogen-bond acceptors (Lipinski definition) is 6. The predicted molar refractivity (Wildman–Crippen MR) is 69.4 cm³/mol. The Morgan fingerprint density at radius 2 is 2.44 bits per heavy atom. The number of anilines is 1. The molecule has 2 heterocycles. The van der Waals surface area contributed by atoms with Crippen molar-refractivity contribution in [3.05, 3.63) is 25.3 Å². The summed E-state index contributed by atoms with van der Waals surface area (Å²) in [5, 5.41) is 7.05. The summed E-state index contributed by atoms with van der Waals surface area (Å²) < 4.78 is 0. The highest BCUT2D eigenvalue weighted by Crippen LogP contribution is 2.13. The summed E-state index contributed by atoms with van der Waals surface area (Å²) in [5.74, 6) is 0.691. The first-order valence-electron chi connectivity index (χ1n) is 5.45. The van der Waals surface area contributed by atoms with Gasteiger partial charge in [-0.1, -0.05) is 17.8 Å². The van der Waals surface area contributed by atoms with Crippen LogP contribution < -0.4 is 5.32 Å². The molecule has 0 saturated carbocycles. The fraction of sp³-hybridized carbons (Fsp3) is 0.273. The van der Waals surface area contributed by atoms with Crippen molar-refractivity contribution < 1.29 is 4.84 Å². The van der Waals surface area contributed by atoms with Gasteiger partial charge in [0.15, 0.2) is 11.5 Å². The van der Waals surface area contributed by atoms with Gasteiger partial charge in [0.1, 0.15) is 18.5 Å². The van der Waals surface area contributed by atoms with Crippen LogP contribution in [0.3, 0.4) is 0 Å². The number of nitrogens with zero attached hydrogens (tertiary/aromatic N) is 4. The zero-order valence-corrected chi connectivity index (χ0v) is 10.1. The molecule has 7 nitrogen and oxygen atoms in total. The smallest absolute Gasteiger partial charge is 0.182 e. The van der Waals surface area contributed by atoms with Crippen LogP contribution in [0.2, 0.25) is 0 Å². The molecule has 2 N–H and O–H groups in total. The number of imidazole rings is 1. The Balaban J connectivity index is 1.99. The largest absolute Gasteiger partial charge is 0.392 e. The second-order valence-electron chi connectivity index (χ2n) is 3.59. The molecular formula is C11H14N6O. The van der Waals surface area contributed by atoms with E-state index in [-0.39, 0.29) is 0 Å². The molecule has 0 aliphatic rings. The number of nitrogens with one attached hydrogen (secondary N) is 2. The summed E-state index contributed by atoms with van der Waals surface area (Å²) in [6.07, 6.45) is 4.69. The maximum Gasteiger partial charge on any atom is 0.182 e. The minimum atomic E-state index is 0.398. The quantitative estimate of drug-likeness (QED) is 0.347. The third-order valence-corrected chi connectivity index (χ3v) is 2.15. The molecule has 0 aromatic carbocycles. The van der Waals surface area contributed by atoms with Crippen LogP contribution in [0.1, 0.15) is 6.92 Å². The van der Waals surface area contributed by atoms with Gasteiger partial charge in [-0.25, -0.2) is 15.0 Å². The van der Waals surface area contributed by atoms with E-state index in [4.69, 9.17) is 4.84 Å². The van der Waals surface area contributed by atoms with E-state index in [0.717, 1.165) is 11.2 Å². The molecular weight excluding hydrogens is 232 g/mol. The normalized spacial score (nSPS) is 11.5. The van der Waals surface area contributed by atoms with E-state index in [1.165, 1.54) is 6.33 Å². The fourth-order valence-electron chi connectivity index (χ4n) is 1.34. The molecule has 0 amide bonds. The second kappa shape index (κ2) is 5.76. The van der Waals surface area contributed by atoms with Crippen molar-refractivity contribution in [2.45, 2.75) is 6.92 Å². The molecule has 2 aromatic rings. The van der Waals surface area contributed by atoms with Crippen LogP contribution in [0.15, 0.2) is 30.5 Å². The van der Waals surface area contributed by atoms with Gasteiger partial charge in [-0.15, -0.1) is 0 Å². The van der Waals surface area contributed by atoms with Crippen LogP contribution >= 0.6 is 0 Å². The Morgan fingerprint density at radius 1 is 1.56 bits per heavy atom. The third-order valence-electron chi connectivity index (χ3n) is 2.15. The van der Waals surface area contributed by atoms with Crippen molar-refractivity contribution >= 4 is 22.7 Å². The number of hydrogen-bond donors (Lipinski definition) is 2. The second-order valence-corrected chi connectivity index (χ2v) is 3.59. The third kappa shape index (κ3) is 2.82.